The summed E-state index contributed by atoms with van der Waals surface area (Å²) in [7, 11) is 0. The van der Waals surface area contributed by atoms with E-state index >= 15 is 0 Å². The molecule has 1 rings (SSSR count). The van der Waals surface area contributed by atoms with Crippen molar-refractivity contribution in [1.82, 2.24) is 0 Å². The Hall–Kier alpha value is -1.36. The van der Waals surface area contributed by atoms with Crippen molar-refractivity contribution < 1.29 is 23.4 Å². The summed E-state index contributed by atoms with van der Waals surface area (Å²) in [6.07, 6.45) is 0. The largest absolute Gasteiger partial charge is 0.478 e. The molecule has 0 aliphatic rings. The monoisotopic (exact) mass is 236 g/mol. The van der Waals surface area contributed by atoms with Crippen LogP contribution in [-0.4, -0.2) is 17.7 Å². The van der Waals surface area contributed by atoms with Crippen LogP contribution >= 0.6 is 11.6 Å². The van der Waals surface area contributed by atoms with E-state index in [1.807, 2.05) is 0 Å². The van der Waals surface area contributed by atoms with Crippen LogP contribution < -0.4 is 4.74 Å². The van der Waals surface area contributed by atoms with Crippen LogP contribution in [-0.2, 0) is 0 Å². The second-order valence-corrected chi connectivity index (χ2v) is 3.14. The summed E-state index contributed by atoms with van der Waals surface area (Å²) < 4.78 is 28.0. The Kier molecular flexibility index (Phi) is 3.47. The quantitative estimate of drug-likeness (QED) is 0.878. The zero-order valence-electron chi connectivity index (χ0n) is 7.63. The van der Waals surface area contributed by atoms with Crippen molar-refractivity contribution in [2.75, 3.05) is 0 Å². The maximum atomic E-state index is 11.9. The number of ether oxygens (including phenoxy) is 1. The Morgan fingerprint density at radius 1 is 1.53 bits per heavy atom. The van der Waals surface area contributed by atoms with Crippen molar-refractivity contribution in [2.24, 2.45) is 0 Å². The van der Waals surface area contributed by atoms with Crippen LogP contribution in [0.15, 0.2) is 12.1 Å². The maximum absolute atomic E-state index is 11.9. The predicted octanol–water partition coefficient (Wildman–Crippen LogP) is 2.95. The number of carboxylic acids is 1. The van der Waals surface area contributed by atoms with Gasteiger partial charge in [-0.25, -0.2) is 4.79 Å². The molecule has 82 valence electrons. The van der Waals surface area contributed by atoms with Gasteiger partial charge >= 0.3 is 12.6 Å². The van der Waals surface area contributed by atoms with Crippen molar-refractivity contribution in [2.45, 2.75) is 13.5 Å². The smallest absolute Gasteiger partial charge is 0.387 e. The fraction of sp³-hybridized carbons (Fsp3) is 0.222. The molecule has 0 unspecified atom stereocenters. The summed E-state index contributed by atoms with van der Waals surface area (Å²) in [5, 5.41) is 8.77. The molecule has 1 aromatic rings. The highest BCUT2D eigenvalue weighted by Gasteiger charge is 2.17. The van der Waals surface area contributed by atoms with Crippen LogP contribution in [0.5, 0.6) is 5.75 Å². The third-order valence-corrected chi connectivity index (χ3v) is 2.11. The molecule has 0 aliphatic carbocycles. The molecule has 0 spiro atoms. The highest BCUT2D eigenvalue weighted by Crippen LogP contribution is 2.29. The van der Waals surface area contributed by atoms with Gasteiger partial charge in [-0.2, -0.15) is 8.78 Å². The van der Waals surface area contributed by atoms with Crippen molar-refractivity contribution in [3.8, 4) is 5.75 Å². The second kappa shape index (κ2) is 4.44. The number of carbonyl (C=O) groups is 1. The Morgan fingerprint density at radius 3 is 2.60 bits per heavy atom. The predicted molar refractivity (Wildman–Crippen MR) is 49.8 cm³/mol. The Balaban J connectivity index is 3.22. The minimum Gasteiger partial charge on any atom is -0.478 e. The molecule has 0 radical (unpaired) electrons. The van der Waals surface area contributed by atoms with Crippen molar-refractivity contribution in [3.63, 3.8) is 0 Å². The molecule has 0 bridgehead atoms. The van der Waals surface area contributed by atoms with Gasteiger partial charge in [0.1, 0.15) is 5.75 Å². The number of alkyl halides is 2. The van der Waals surface area contributed by atoms with Crippen LogP contribution in [0.2, 0.25) is 5.02 Å². The standard InChI is InChI=1S/C9H7ClF2O3/c1-4-6(15-9(11)12)3-2-5(10)7(4)8(13)14/h2-3,9H,1H3,(H,13,14). The molecule has 15 heavy (non-hydrogen) atoms. The molecule has 0 heterocycles. The fourth-order valence-corrected chi connectivity index (χ4v) is 1.43. The van der Waals surface area contributed by atoms with Gasteiger partial charge in [0.2, 0.25) is 0 Å². The van der Waals surface area contributed by atoms with E-state index in [2.05, 4.69) is 4.74 Å². The lowest BCUT2D eigenvalue weighted by molar-refractivity contribution is -0.0503. The summed E-state index contributed by atoms with van der Waals surface area (Å²) in [6, 6.07) is 2.41. The molecule has 0 saturated heterocycles. The van der Waals surface area contributed by atoms with E-state index in [1.165, 1.54) is 19.1 Å². The van der Waals surface area contributed by atoms with Gasteiger partial charge in [0, 0.05) is 5.56 Å². The van der Waals surface area contributed by atoms with Gasteiger partial charge in [0.25, 0.3) is 0 Å². The van der Waals surface area contributed by atoms with Gasteiger partial charge in [0.05, 0.1) is 10.6 Å². The molecule has 1 aromatic carbocycles. The van der Waals surface area contributed by atoms with Crippen molar-refractivity contribution >= 4 is 17.6 Å². The lowest BCUT2D eigenvalue weighted by atomic mass is 10.1. The summed E-state index contributed by atoms with van der Waals surface area (Å²) in [5.74, 6) is -1.47. The SMILES string of the molecule is Cc1c(OC(F)F)ccc(Cl)c1C(=O)O. The van der Waals surface area contributed by atoms with Crippen LogP contribution in [0.4, 0.5) is 8.78 Å². The van der Waals surface area contributed by atoms with Gasteiger partial charge in [0.15, 0.2) is 0 Å². The molecule has 0 fully saturated rings. The minimum absolute atomic E-state index is 0.0124. The van der Waals surface area contributed by atoms with E-state index in [0.717, 1.165) is 0 Å². The summed E-state index contributed by atoms with van der Waals surface area (Å²) >= 11 is 5.61. The molecule has 0 atom stereocenters. The van der Waals surface area contributed by atoms with Crippen LogP contribution in [0, 0.1) is 6.92 Å². The van der Waals surface area contributed by atoms with Crippen LogP contribution in [0.3, 0.4) is 0 Å². The number of rotatable bonds is 3. The Morgan fingerprint density at radius 2 is 2.13 bits per heavy atom. The first kappa shape index (κ1) is 11.7. The normalized spacial score (nSPS) is 10.5. The lowest BCUT2D eigenvalue weighted by Gasteiger charge is -2.10. The highest BCUT2D eigenvalue weighted by molar-refractivity contribution is 6.33. The van der Waals surface area contributed by atoms with E-state index in [-0.39, 0.29) is 21.9 Å². The summed E-state index contributed by atoms with van der Waals surface area (Å²) in [6.45, 7) is -1.64. The molecule has 0 aromatic heterocycles. The van der Waals surface area contributed by atoms with Gasteiger partial charge in [-0.1, -0.05) is 11.6 Å². The lowest BCUT2D eigenvalue weighted by Crippen LogP contribution is -2.07. The number of halogens is 3. The van der Waals surface area contributed by atoms with E-state index < -0.39 is 12.6 Å². The average Bonchev–Trinajstić information content (AvgIpc) is 2.09. The third kappa shape index (κ3) is 2.56. The molecule has 0 saturated carbocycles. The van der Waals surface area contributed by atoms with Gasteiger partial charge in [-0.05, 0) is 19.1 Å². The third-order valence-electron chi connectivity index (χ3n) is 1.79. The topological polar surface area (TPSA) is 46.5 Å². The molecule has 1 N–H and O–H groups in total. The van der Waals surface area contributed by atoms with Gasteiger partial charge in [-0.3, -0.25) is 0 Å². The van der Waals surface area contributed by atoms with Crippen LogP contribution in [0.1, 0.15) is 15.9 Å². The van der Waals surface area contributed by atoms with Crippen molar-refractivity contribution in [1.29, 1.82) is 0 Å². The van der Waals surface area contributed by atoms with E-state index in [1.54, 1.807) is 0 Å². The highest BCUT2D eigenvalue weighted by atomic mass is 35.5. The minimum atomic E-state index is -2.99. The van der Waals surface area contributed by atoms with E-state index in [0.29, 0.717) is 0 Å². The van der Waals surface area contributed by atoms with E-state index in [4.69, 9.17) is 16.7 Å². The first-order valence-corrected chi connectivity index (χ1v) is 4.28. The Bertz CT molecular complexity index is 393. The molecular formula is C9H7ClF2O3. The summed E-state index contributed by atoms with van der Waals surface area (Å²) in [4.78, 5) is 10.8. The maximum Gasteiger partial charge on any atom is 0.387 e. The number of hydrogen-bond donors (Lipinski definition) is 1. The molecule has 0 amide bonds. The molecule has 0 aliphatic heterocycles. The number of carboxylic acid groups (broad SMARTS) is 1. The first-order chi connectivity index (χ1) is 6.93. The van der Waals surface area contributed by atoms with Crippen molar-refractivity contribution in [3.05, 3.63) is 28.3 Å². The zero-order chi connectivity index (χ0) is 11.6. The number of aromatic carboxylic acids is 1. The molecule has 6 heteroatoms. The molecule has 3 nitrogen and oxygen atoms in total. The van der Waals surface area contributed by atoms with Gasteiger partial charge < -0.3 is 9.84 Å². The number of hydrogen-bond acceptors (Lipinski definition) is 2. The fourth-order valence-electron chi connectivity index (χ4n) is 1.15. The van der Waals surface area contributed by atoms with Gasteiger partial charge in [-0.15, -0.1) is 0 Å². The molecular weight excluding hydrogens is 230 g/mol. The zero-order valence-corrected chi connectivity index (χ0v) is 8.39. The Labute approximate surface area is 89.2 Å². The average molecular weight is 237 g/mol. The van der Waals surface area contributed by atoms with E-state index in [9.17, 15) is 13.6 Å². The number of benzene rings is 1. The van der Waals surface area contributed by atoms with Crippen LogP contribution in [0.25, 0.3) is 0 Å². The second-order valence-electron chi connectivity index (χ2n) is 2.73. The first-order valence-electron chi connectivity index (χ1n) is 3.90. The summed E-state index contributed by atoms with van der Waals surface area (Å²) in [5.41, 5.74) is -0.148.